The second-order valence-corrected chi connectivity index (χ2v) is 6.18. The molecule has 0 aliphatic heterocycles. The molecule has 0 radical (unpaired) electrons. The molecule has 0 saturated heterocycles. The van der Waals surface area contributed by atoms with E-state index in [4.69, 9.17) is 9.68 Å². The maximum atomic E-state index is 10.9. The van der Waals surface area contributed by atoms with Gasteiger partial charge in [-0.3, -0.25) is 9.59 Å². The molecule has 0 amide bonds. The summed E-state index contributed by atoms with van der Waals surface area (Å²) >= 11 is 0. The summed E-state index contributed by atoms with van der Waals surface area (Å²) in [5.74, 6) is 0. The Labute approximate surface area is 150 Å². The van der Waals surface area contributed by atoms with Crippen LogP contribution in [0, 0.1) is 6.92 Å². The minimum absolute atomic E-state index is 0.161. The van der Waals surface area contributed by atoms with E-state index in [0.29, 0.717) is 24.5 Å². The van der Waals surface area contributed by atoms with Crippen LogP contribution in [0.4, 0.5) is 0 Å². The molecule has 0 aliphatic rings. The average molecular weight is 364 g/mol. The van der Waals surface area contributed by atoms with E-state index in [9.17, 15) is 9.59 Å². The third-order valence-electron chi connectivity index (χ3n) is 3.31. The average Bonchev–Trinajstić information content (AvgIpc) is 2.58. The Balaban J connectivity index is 2.09. The van der Waals surface area contributed by atoms with E-state index >= 15 is 0 Å². The zero-order valence-electron chi connectivity index (χ0n) is 14.7. The summed E-state index contributed by atoms with van der Waals surface area (Å²) in [4.78, 5) is 32.0. The van der Waals surface area contributed by atoms with Crippen LogP contribution in [-0.4, -0.2) is 37.0 Å². The van der Waals surface area contributed by atoms with Gasteiger partial charge in [0.1, 0.15) is 25.2 Å². The summed E-state index contributed by atoms with van der Waals surface area (Å²) in [6.07, 6.45) is 6.21. The number of aldehydes is 1. The number of aryl methyl sites for hydroxylation is 1. The summed E-state index contributed by atoms with van der Waals surface area (Å²) in [6.45, 7) is 4.59. The van der Waals surface area contributed by atoms with Crippen molar-refractivity contribution in [3.05, 3.63) is 34.9 Å². The van der Waals surface area contributed by atoms with Crippen LogP contribution < -0.4 is 0 Å². The standard InChI is InChI=1S/C18H25N2O4P/c1-14-9-16(11-17(10-14)13-21)12-19-23-7-5-3-4-6-8-24-20-15(2)18(22)25/h9-13H,3-8,25H2,1-2H3/b19-12-,20-15+. The SMILES string of the molecule is C/C(=N\OCCCCCCO/N=C\c1cc(C)cc(C=O)c1)C(=O)P. The van der Waals surface area contributed by atoms with Gasteiger partial charge in [0.15, 0.2) is 5.52 Å². The number of unbranched alkanes of at least 4 members (excludes halogenated alkanes) is 3. The zero-order chi connectivity index (χ0) is 18.5. The van der Waals surface area contributed by atoms with Crippen molar-refractivity contribution in [2.24, 2.45) is 10.3 Å². The molecule has 6 nitrogen and oxygen atoms in total. The van der Waals surface area contributed by atoms with Gasteiger partial charge in [-0.05, 0) is 62.8 Å². The smallest absolute Gasteiger partial charge is 0.195 e. The molecule has 1 rings (SSSR count). The highest BCUT2D eigenvalue weighted by atomic mass is 31.0. The molecule has 0 aromatic heterocycles. The molecule has 0 aliphatic carbocycles. The number of carbonyl (C=O) groups excluding carboxylic acids is 2. The lowest BCUT2D eigenvalue weighted by Crippen LogP contribution is -2.02. The van der Waals surface area contributed by atoms with Crippen LogP contribution in [0.1, 0.15) is 54.1 Å². The van der Waals surface area contributed by atoms with Gasteiger partial charge in [0, 0.05) is 5.56 Å². The van der Waals surface area contributed by atoms with E-state index in [2.05, 4.69) is 19.6 Å². The zero-order valence-corrected chi connectivity index (χ0v) is 15.9. The number of oxime groups is 2. The van der Waals surface area contributed by atoms with Gasteiger partial charge in [-0.2, -0.15) is 0 Å². The summed E-state index contributed by atoms with van der Waals surface area (Å²) in [5, 5.41) is 7.63. The van der Waals surface area contributed by atoms with Crippen LogP contribution in [-0.2, 0) is 14.5 Å². The molecule has 7 heteroatoms. The minimum atomic E-state index is -0.161. The molecule has 0 saturated carbocycles. The summed E-state index contributed by atoms with van der Waals surface area (Å²) < 4.78 is 0. The van der Waals surface area contributed by atoms with E-state index in [-0.39, 0.29) is 5.52 Å². The predicted molar refractivity (Wildman–Crippen MR) is 102 cm³/mol. The fourth-order valence-electron chi connectivity index (χ4n) is 2.01. The maximum absolute atomic E-state index is 10.9. The Kier molecular flexibility index (Phi) is 10.3. The molecular weight excluding hydrogens is 339 g/mol. The highest BCUT2D eigenvalue weighted by molar-refractivity contribution is 7.45. The minimum Gasteiger partial charge on any atom is -0.396 e. The van der Waals surface area contributed by atoms with Crippen LogP contribution in [0.3, 0.4) is 0 Å². The normalized spacial score (nSPS) is 11.6. The number of hydrogen-bond donors (Lipinski definition) is 0. The molecule has 0 fully saturated rings. The van der Waals surface area contributed by atoms with Crippen LogP contribution in [0.25, 0.3) is 0 Å². The first-order valence-electron chi connectivity index (χ1n) is 8.21. The Morgan fingerprint density at radius 1 is 1.08 bits per heavy atom. The van der Waals surface area contributed by atoms with Gasteiger partial charge < -0.3 is 9.68 Å². The van der Waals surface area contributed by atoms with E-state index in [0.717, 1.165) is 43.1 Å². The fourth-order valence-corrected chi connectivity index (χ4v) is 2.06. The predicted octanol–water partition coefficient (Wildman–Crippen LogP) is 3.51. The summed E-state index contributed by atoms with van der Waals surface area (Å²) in [6, 6.07) is 5.53. The Morgan fingerprint density at radius 2 is 1.72 bits per heavy atom. The van der Waals surface area contributed by atoms with Gasteiger partial charge in [-0.15, -0.1) is 0 Å². The van der Waals surface area contributed by atoms with Crippen molar-refractivity contribution in [1.29, 1.82) is 0 Å². The second-order valence-electron chi connectivity index (χ2n) is 5.65. The van der Waals surface area contributed by atoms with E-state index in [1.165, 1.54) is 0 Å². The molecule has 1 aromatic rings. The number of rotatable bonds is 12. The summed E-state index contributed by atoms with van der Waals surface area (Å²) in [5.41, 5.74) is 2.68. The largest absolute Gasteiger partial charge is 0.396 e. The van der Waals surface area contributed by atoms with Crippen LogP contribution in [0.2, 0.25) is 0 Å². The van der Waals surface area contributed by atoms with Gasteiger partial charge in [-0.1, -0.05) is 25.6 Å². The Bertz CT molecular complexity index is 630. The van der Waals surface area contributed by atoms with Gasteiger partial charge in [0.05, 0.1) is 6.21 Å². The number of benzene rings is 1. The van der Waals surface area contributed by atoms with Crippen LogP contribution >= 0.6 is 9.24 Å². The molecule has 1 aromatic carbocycles. The molecule has 136 valence electrons. The number of hydrogen-bond acceptors (Lipinski definition) is 6. The monoisotopic (exact) mass is 364 g/mol. The first kappa shape index (κ1) is 21.0. The molecule has 1 unspecified atom stereocenters. The lowest BCUT2D eigenvalue weighted by Gasteiger charge is -2.02. The molecule has 0 bridgehead atoms. The lowest BCUT2D eigenvalue weighted by atomic mass is 10.1. The quantitative estimate of drug-likeness (QED) is 0.187. The van der Waals surface area contributed by atoms with E-state index in [1.54, 1.807) is 19.2 Å². The van der Waals surface area contributed by atoms with Crippen molar-refractivity contribution in [2.75, 3.05) is 13.2 Å². The van der Waals surface area contributed by atoms with Crippen LogP contribution in [0.5, 0.6) is 0 Å². The molecular formula is C18H25N2O4P. The summed E-state index contributed by atoms with van der Waals surface area (Å²) in [7, 11) is 2.06. The van der Waals surface area contributed by atoms with Crippen molar-refractivity contribution in [3.63, 3.8) is 0 Å². The first-order valence-corrected chi connectivity index (χ1v) is 8.79. The fraction of sp³-hybridized carbons (Fsp3) is 0.444. The number of nitrogens with zero attached hydrogens (tertiary/aromatic N) is 2. The highest BCUT2D eigenvalue weighted by Gasteiger charge is 1.98. The molecule has 0 N–H and O–H groups in total. The molecule has 25 heavy (non-hydrogen) atoms. The highest BCUT2D eigenvalue weighted by Crippen LogP contribution is 2.06. The third kappa shape index (κ3) is 9.72. The van der Waals surface area contributed by atoms with Gasteiger partial charge in [0.2, 0.25) is 0 Å². The van der Waals surface area contributed by atoms with E-state index in [1.807, 2.05) is 19.1 Å². The van der Waals surface area contributed by atoms with Crippen molar-refractivity contribution >= 4 is 33.0 Å². The molecule has 1 atom stereocenters. The second kappa shape index (κ2) is 12.3. The maximum Gasteiger partial charge on any atom is 0.195 e. The van der Waals surface area contributed by atoms with Crippen molar-refractivity contribution in [3.8, 4) is 0 Å². The van der Waals surface area contributed by atoms with Crippen molar-refractivity contribution in [1.82, 2.24) is 0 Å². The van der Waals surface area contributed by atoms with Gasteiger partial charge in [-0.25, -0.2) is 0 Å². The van der Waals surface area contributed by atoms with Crippen LogP contribution in [0.15, 0.2) is 28.5 Å². The Morgan fingerprint density at radius 3 is 2.36 bits per heavy atom. The number of carbonyl (C=O) groups is 2. The Hall–Kier alpha value is -2.07. The molecule has 0 heterocycles. The lowest BCUT2D eigenvalue weighted by molar-refractivity contribution is -0.105. The van der Waals surface area contributed by atoms with Crippen molar-refractivity contribution < 1.29 is 19.3 Å². The topological polar surface area (TPSA) is 77.3 Å². The molecule has 0 spiro atoms. The first-order chi connectivity index (χ1) is 12.0. The van der Waals surface area contributed by atoms with Crippen molar-refractivity contribution in [2.45, 2.75) is 39.5 Å². The van der Waals surface area contributed by atoms with E-state index < -0.39 is 0 Å². The third-order valence-corrected chi connectivity index (χ3v) is 3.73. The van der Waals surface area contributed by atoms with Gasteiger partial charge >= 0.3 is 0 Å². The van der Waals surface area contributed by atoms with Gasteiger partial charge in [0.25, 0.3) is 0 Å².